The van der Waals surface area contributed by atoms with E-state index in [1.54, 1.807) is 0 Å². The summed E-state index contributed by atoms with van der Waals surface area (Å²) in [7, 11) is 2.02. The van der Waals surface area contributed by atoms with E-state index >= 15 is 0 Å². The van der Waals surface area contributed by atoms with Gasteiger partial charge in [0, 0.05) is 19.3 Å². The minimum atomic E-state index is -1.03. The standard InChI is InChI=1S/C11H16ClN3O2/c1-3-15(2)5-4-13-10-9(12)6-8(7-14-10)11(16)17/h6-7H,3-5H2,1-2H3,(H,13,14)(H,16,17). The van der Waals surface area contributed by atoms with Crippen LogP contribution < -0.4 is 5.32 Å². The van der Waals surface area contributed by atoms with Gasteiger partial charge in [0.15, 0.2) is 0 Å². The number of aromatic nitrogens is 1. The highest BCUT2D eigenvalue weighted by Gasteiger charge is 2.08. The van der Waals surface area contributed by atoms with Crippen LogP contribution in [0.5, 0.6) is 0 Å². The fraction of sp³-hybridized carbons (Fsp3) is 0.455. The van der Waals surface area contributed by atoms with Gasteiger partial charge in [-0.2, -0.15) is 0 Å². The van der Waals surface area contributed by atoms with Gasteiger partial charge in [0.05, 0.1) is 10.6 Å². The molecule has 1 rings (SSSR count). The molecule has 0 saturated carbocycles. The first-order chi connectivity index (χ1) is 8.04. The highest BCUT2D eigenvalue weighted by molar-refractivity contribution is 6.33. The second kappa shape index (κ2) is 6.42. The van der Waals surface area contributed by atoms with Gasteiger partial charge in [-0.05, 0) is 19.7 Å². The van der Waals surface area contributed by atoms with Crippen LogP contribution in [0.1, 0.15) is 17.3 Å². The van der Waals surface area contributed by atoms with Gasteiger partial charge in [-0.3, -0.25) is 0 Å². The zero-order valence-electron chi connectivity index (χ0n) is 9.90. The van der Waals surface area contributed by atoms with E-state index in [0.29, 0.717) is 17.4 Å². The van der Waals surface area contributed by atoms with Crippen molar-refractivity contribution in [3.63, 3.8) is 0 Å². The number of halogens is 1. The molecule has 0 aliphatic rings. The predicted octanol–water partition coefficient (Wildman–Crippen LogP) is 1.80. The summed E-state index contributed by atoms with van der Waals surface area (Å²) in [5, 5.41) is 12.1. The molecule has 1 aromatic rings. The monoisotopic (exact) mass is 257 g/mol. The molecule has 2 N–H and O–H groups in total. The highest BCUT2D eigenvalue weighted by Crippen LogP contribution is 2.19. The van der Waals surface area contributed by atoms with Crippen LogP contribution in [0.3, 0.4) is 0 Å². The first-order valence-electron chi connectivity index (χ1n) is 5.35. The topological polar surface area (TPSA) is 65.5 Å². The number of hydrogen-bond acceptors (Lipinski definition) is 4. The molecule has 17 heavy (non-hydrogen) atoms. The number of likely N-dealkylation sites (N-methyl/N-ethyl adjacent to an activating group) is 1. The molecule has 0 amide bonds. The Kier molecular flexibility index (Phi) is 5.18. The Morgan fingerprint density at radius 3 is 2.88 bits per heavy atom. The summed E-state index contributed by atoms with van der Waals surface area (Å²) < 4.78 is 0. The number of rotatable bonds is 6. The molecule has 0 aromatic carbocycles. The maximum Gasteiger partial charge on any atom is 0.337 e. The van der Waals surface area contributed by atoms with Crippen LogP contribution in [0, 0.1) is 0 Å². The molecule has 0 saturated heterocycles. The predicted molar refractivity (Wildman–Crippen MR) is 67.9 cm³/mol. The zero-order chi connectivity index (χ0) is 12.8. The van der Waals surface area contributed by atoms with E-state index in [-0.39, 0.29) is 5.56 Å². The van der Waals surface area contributed by atoms with Crippen molar-refractivity contribution in [3.8, 4) is 0 Å². The van der Waals surface area contributed by atoms with Gasteiger partial charge in [-0.15, -0.1) is 0 Å². The smallest absolute Gasteiger partial charge is 0.337 e. The lowest BCUT2D eigenvalue weighted by Crippen LogP contribution is -2.25. The third-order valence-electron chi connectivity index (χ3n) is 2.41. The van der Waals surface area contributed by atoms with E-state index in [1.165, 1.54) is 12.3 Å². The average Bonchev–Trinajstić information content (AvgIpc) is 2.30. The molecule has 0 unspecified atom stereocenters. The maximum atomic E-state index is 10.7. The number of nitrogens with one attached hydrogen (secondary N) is 1. The highest BCUT2D eigenvalue weighted by atomic mass is 35.5. The number of nitrogens with zero attached hydrogens (tertiary/aromatic N) is 2. The van der Waals surface area contributed by atoms with Crippen LogP contribution in [0.25, 0.3) is 0 Å². The molecule has 0 fully saturated rings. The third kappa shape index (κ3) is 4.20. The number of hydrogen-bond donors (Lipinski definition) is 2. The van der Waals surface area contributed by atoms with Crippen molar-refractivity contribution in [1.82, 2.24) is 9.88 Å². The quantitative estimate of drug-likeness (QED) is 0.814. The van der Waals surface area contributed by atoms with Crippen molar-refractivity contribution in [2.45, 2.75) is 6.92 Å². The summed E-state index contributed by atoms with van der Waals surface area (Å²) in [4.78, 5) is 16.8. The number of carboxylic acid groups (broad SMARTS) is 1. The second-order valence-electron chi connectivity index (χ2n) is 3.68. The van der Waals surface area contributed by atoms with Crippen molar-refractivity contribution >= 4 is 23.4 Å². The van der Waals surface area contributed by atoms with Crippen LogP contribution in [0.15, 0.2) is 12.3 Å². The van der Waals surface area contributed by atoms with E-state index in [2.05, 4.69) is 22.1 Å². The summed E-state index contributed by atoms with van der Waals surface area (Å²) in [5.74, 6) is -0.516. The van der Waals surface area contributed by atoms with Gasteiger partial charge in [0.2, 0.25) is 0 Å². The molecule has 6 heteroatoms. The molecular weight excluding hydrogens is 242 g/mol. The van der Waals surface area contributed by atoms with Crippen LogP contribution in [0.4, 0.5) is 5.82 Å². The Morgan fingerprint density at radius 1 is 1.65 bits per heavy atom. The van der Waals surface area contributed by atoms with Crippen LogP contribution in [-0.2, 0) is 0 Å². The van der Waals surface area contributed by atoms with Gasteiger partial charge in [0.1, 0.15) is 5.82 Å². The number of aromatic carboxylic acids is 1. The SMILES string of the molecule is CCN(C)CCNc1ncc(C(=O)O)cc1Cl. The molecule has 5 nitrogen and oxygen atoms in total. The Bertz CT molecular complexity index is 398. The van der Waals surface area contributed by atoms with E-state index < -0.39 is 5.97 Å². The molecule has 1 aromatic heterocycles. The number of pyridine rings is 1. The number of carbonyl (C=O) groups is 1. The molecule has 0 aliphatic carbocycles. The van der Waals surface area contributed by atoms with E-state index in [4.69, 9.17) is 16.7 Å². The van der Waals surface area contributed by atoms with Gasteiger partial charge in [0.25, 0.3) is 0 Å². The lowest BCUT2D eigenvalue weighted by molar-refractivity contribution is 0.0696. The molecule has 0 atom stereocenters. The fourth-order valence-electron chi connectivity index (χ4n) is 1.21. The van der Waals surface area contributed by atoms with Crippen molar-refractivity contribution in [1.29, 1.82) is 0 Å². The summed E-state index contributed by atoms with van der Waals surface area (Å²) in [6.45, 7) is 4.63. The van der Waals surface area contributed by atoms with Crippen LogP contribution >= 0.6 is 11.6 Å². The van der Waals surface area contributed by atoms with Crippen molar-refractivity contribution in [2.24, 2.45) is 0 Å². The summed E-state index contributed by atoms with van der Waals surface area (Å²) >= 11 is 5.92. The Hall–Kier alpha value is -1.33. The normalized spacial score (nSPS) is 10.6. The van der Waals surface area contributed by atoms with E-state index in [0.717, 1.165) is 13.1 Å². The Balaban J connectivity index is 2.57. The van der Waals surface area contributed by atoms with Gasteiger partial charge in [-0.25, -0.2) is 9.78 Å². The van der Waals surface area contributed by atoms with Crippen molar-refractivity contribution < 1.29 is 9.90 Å². The minimum Gasteiger partial charge on any atom is -0.478 e. The van der Waals surface area contributed by atoms with Gasteiger partial charge < -0.3 is 15.3 Å². The summed E-state index contributed by atoms with van der Waals surface area (Å²) in [6, 6.07) is 1.39. The molecule has 0 bridgehead atoms. The van der Waals surface area contributed by atoms with E-state index in [1.807, 2.05) is 7.05 Å². The average molecular weight is 258 g/mol. The number of carboxylic acids is 1. The summed E-state index contributed by atoms with van der Waals surface area (Å²) in [6.07, 6.45) is 1.29. The lowest BCUT2D eigenvalue weighted by Gasteiger charge is -2.14. The molecule has 0 aliphatic heterocycles. The lowest BCUT2D eigenvalue weighted by atomic mass is 10.3. The van der Waals surface area contributed by atoms with Gasteiger partial charge in [-0.1, -0.05) is 18.5 Å². The minimum absolute atomic E-state index is 0.0891. The first-order valence-corrected chi connectivity index (χ1v) is 5.73. The summed E-state index contributed by atoms with van der Waals surface area (Å²) in [5.41, 5.74) is 0.0891. The largest absolute Gasteiger partial charge is 0.478 e. The zero-order valence-corrected chi connectivity index (χ0v) is 10.7. The Morgan fingerprint density at radius 2 is 2.35 bits per heavy atom. The molecular formula is C11H16ClN3O2. The Labute approximate surface area is 105 Å². The second-order valence-corrected chi connectivity index (χ2v) is 4.09. The van der Waals surface area contributed by atoms with Crippen LogP contribution in [0.2, 0.25) is 5.02 Å². The maximum absolute atomic E-state index is 10.7. The third-order valence-corrected chi connectivity index (χ3v) is 2.70. The molecule has 0 radical (unpaired) electrons. The molecule has 1 heterocycles. The first kappa shape index (κ1) is 13.7. The fourth-order valence-corrected chi connectivity index (χ4v) is 1.44. The molecule has 0 spiro atoms. The van der Waals surface area contributed by atoms with Gasteiger partial charge >= 0.3 is 5.97 Å². The van der Waals surface area contributed by atoms with Crippen LogP contribution in [-0.4, -0.2) is 47.6 Å². The number of anilines is 1. The van der Waals surface area contributed by atoms with Crippen molar-refractivity contribution in [2.75, 3.05) is 32.0 Å². The molecule has 94 valence electrons. The van der Waals surface area contributed by atoms with Crippen molar-refractivity contribution in [3.05, 3.63) is 22.8 Å². The van der Waals surface area contributed by atoms with E-state index in [9.17, 15) is 4.79 Å².